The number of carbonyl (C=O) groups is 2. The van der Waals surface area contributed by atoms with Crippen molar-refractivity contribution in [1.82, 2.24) is 14.6 Å². The van der Waals surface area contributed by atoms with Crippen LogP contribution in [0.4, 0.5) is 10.2 Å². The van der Waals surface area contributed by atoms with Crippen molar-refractivity contribution in [3.8, 4) is 5.75 Å². The quantitative estimate of drug-likeness (QED) is 0.169. The summed E-state index contributed by atoms with van der Waals surface area (Å²) in [7, 11) is -4.11. The van der Waals surface area contributed by atoms with Gasteiger partial charge in [-0.2, -0.15) is 10.1 Å². The molecule has 11 nitrogen and oxygen atoms in total. The number of ether oxygens (including phenoxy) is 1. The summed E-state index contributed by atoms with van der Waals surface area (Å²) in [6.07, 6.45) is 2.85. The van der Waals surface area contributed by atoms with Crippen molar-refractivity contribution in [2.24, 2.45) is 5.92 Å². The van der Waals surface area contributed by atoms with Crippen LogP contribution in [-0.4, -0.2) is 51.6 Å². The summed E-state index contributed by atoms with van der Waals surface area (Å²) >= 11 is 1.14. The molecule has 0 radical (unpaired) electrons. The predicted molar refractivity (Wildman–Crippen MR) is 165 cm³/mol. The van der Waals surface area contributed by atoms with Gasteiger partial charge in [0.05, 0.1) is 12.7 Å². The number of rotatable bonds is 16. The first kappa shape index (κ1) is 34.8. The number of nitrogens with one attached hydrogen (secondary N) is 2. The molecule has 0 spiro atoms. The highest BCUT2D eigenvalue weighted by atomic mass is 32.2. The second-order valence-corrected chi connectivity index (χ2v) is 13.8. The number of alkyl halides is 1. The van der Waals surface area contributed by atoms with Crippen LogP contribution in [0.15, 0.2) is 47.4 Å². The Morgan fingerprint density at radius 2 is 1.81 bits per heavy atom. The molecule has 1 aliphatic heterocycles. The summed E-state index contributed by atoms with van der Waals surface area (Å²) in [5, 5.41) is 3.95. The molecule has 1 aromatic carbocycles. The Morgan fingerprint density at radius 3 is 2.42 bits per heavy atom. The van der Waals surface area contributed by atoms with Gasteiger partial charge in [-0.05, 0) is 58.2 Å². The Morgan fingerprint density at radius 1 is 1.14 bits per heavy atom. The van der Waals surface area contributed by atoms with Crippen LogP contribution in [0.1, 0.15) is 72.1 Å². The standard InChI is InChI=1S/C29H42FN4O7PS/c1-6-11-21(12-7-2)26(35)31-25-15-16-34(29(37)32-25)27-24(30)17-23(43-27)18-39-42(38,41-22-13-9-8-10-14-22)33-20(5)28(36)40-19(3)4/h8-10,13-16,19-21,23-24,27H,6-7,11-12,17-18H2,1-5H3,(H,33,38)(H,31,32,35,37)/t20-,23-,24-,27+,42-/m0/s1. The van der Waals surface area contributed by atoms with Crippen molar-refractivity contribution < 1.29 is 32.3 Å². The number of esters is 1. The first-order chi connectivity index (χ1) is 20.4. The van der Waals surface area contributed by atoms with Crippen molar-refractivity contribution in [2.45, 2.75) is 95.7 Å². The Balaban J connectivity index is 1.67. The average Bonchev–Trinajstić information content (AvgIpc) is 3.32. The van der Waals surface area contributed by atoms with Gasteiger partial charge in [0.2, 0.25) is 5.91 Å². The molecule has 0 unspecified atom stereocenters. The van der Waals surface area contributed by atoms with Gasteiger partial charge < -0.3 is 14.6 Å². The van der Waals surface area contributed by atoms with E-state index in [2.05, 4.69) is 15.4 Å². The number of benzene rings is 1. The molecule has 1 saturated heterocycles. The molecule has 1 aromatic heterocycles. The number of nitrogens with zero attached hydrogens (tertiary/aromatic N) is 2. The summed E-state index contributed by atoms with van der Waals surface area (Å²) in [5.41, 5.74) is -0.695. The third-order valence-corrected chi connectivity index (χ3v) is 9.74. The first-order valence-electron chi connectivity index (χ1n) is 14.6. The van der Waals surface area contributed by atoms with E-state index in [9.17, 15) is 18.9 Å². The topological polar surface area (TPSA) is 138 Å². The molecule has 0 saturated carbocycles. The number of halogens is 1. The van der Waals surface area contributed by atoms with Gasteiger partial charge in [0.1, 0.15) is 29.2 Å². The fraction of sp³-hybridized carbons (Fsp3) is 0.586. The monoisotopic (exact) mass is 640 g/mol. The normalized spacial score (nSPS) is 20.5. The summed E-state index contributed by atoms with van der Waals surface area (Å²) in [6.45, 7) is 8.71. The SMILES string of the molecule is CCCC(CCC)C(=O)Nc1ccn([C@@H]2S[C@H](CO[P@@](=O)(N[C@@H](C)C(=O)OC(C)C)Oc3ccccc3)C[C@@H]2F)c(=O)n1. The molecule has 1 amide bonds. The fourth-order valence-corrected chi connectivity index (χ4v) is 7.62. The van der Waals surface area contributed by atoms with Crippen LogP contribution in [0, 0.1) is 5.92 Å². The predicted octanol–water partition coefficient (Wildman–Crippen LogP) is 5.87. The van der Waals surface area contributed by atoms with E-state index in [1.54, 1.807) is 44.2 Å². The highest BCUT2D eigenvalue weighted by molar-refractivity contribution is 8.00. The fourth-order valence-electron chi connectivity index (χ4n) is 4.58. The number of anilines is 1. The van der Waals surface area contributed by atoms with Crippen molar-refractivity contribution in [3.05, 3.63) is 53.1 Å². The first-order valence-corrected chi connectivity index (χ1v) is 17.1. The van der Waals surface area contributed by atoms with Crippen LogP contribution in [0.5, 0.6) is 5.75 Å². The molecule has 2 heterocycles. The van der Waals surface area contributed by atoms with E-state index in [4.69, 9.17) is 13.8 Å². The molecule has 0 aliphatic carbocycles. The second kappa shape index (κ2) is 16.4. The van der Waals surface area contributed by atoms with E-state index in [-0.39, 0.29) is 42.5 Å². The molecule has 3 rings (SSSR count). The number of carbonyl (C=O) groups excluding carboxylic acids is 2. The van der Waals surface area contributed by atoms with Crippen LogP contribution in [0.2, 0.25) is 0 Å². The minimum Gasteiger partial charge on any atom is -0.462 e. The van der Waals surface area contributed by atoms with Gasteiger partial charge in [0.15, 0.2) is 0 Å². The van der Waals surface area contributed by atoms with E-state index in [0.717, 1.165) is 37.4 Å². The number of aromatic nitrogens is 2. The molecule has 43 heavy (non-hydrogen) atoms. The molecule has 2 N–H and O–H groups in total. The van der Waals surface area contributed by atoms with Gasteiger partial charge in [-0.15, -0.1) is 11.8 Å². The summed E-state index contributed by atoms with van der Waals surface area (Å²) < 4.78 is 46.6. The zero-order valence-corrected chi connectivity index (χ0v) is 26.9. The highest BCUT2D eigenvalue weighted by Crippen LogP contribution is 2.48. The van der Waals surface area contributed by atoms with Crippen LogP contribution < -0.4 is 20.6 Å². The highest BCUT2D eigenvalue weighted by Gasteiger charge is 2.40. The van der Waals surface area contributed by atoms with Crippen LogP contribution in [0.25, 0.3) is 0 Å². The van der Waals surface area contributed by atoms with Gasteiger partial charge in [0.25, 0.3) is 0 Å². The van der Waals surface area contributed by atoms with Gasteiger partial charge in [-0.1, -0.05) is 44.9 Å². The van der Waals surface area contributed by atoms with Crippen molar-refractivity contribution in [3.63, 3.8) is 0 Å². The third kappa shape index (κ3) is 10.4. The Bertz CT molecular complexity index is 1310. The zero-order chi connectivity index (χ0) is 31.6. The largest absolute Gasteiger partial charge is 0.462 e. The van der Waals surface area contributed by atoms with Crippen LogP contribution in [0.3, 0.4) is 0 Å². The molecule has 14 heteroatoms. The molecule has 2 aromatic rings. The van der Waals surface area contributed by atoms with Gasteiger partial charge >= 0.3 is 19.4 Å². The zero-order valence-electron chi connectivity index (χ0n) is 25.2. The number of hydrogen-bond acceptors (Lipinski definition) is 9. The van der Waals surface area contributed by atoms with E-state index in [1.165, 1.54) is 23.8 Å². The summed E-state index contributed by atoms with van der Waals surface area (Å²) in [6, 6.07) is 8.79. The lowest BCUT2D eigenvalue weighted by Gasteiger charge is -2.24. The lowest BCUT2D eigenvalue weighted by atomic mass is 9.97. The Kier molecular flexibility index (Phi) is 13.2. The molecule has 0 bridgehead atoms. The summed E-state index contributed by atoms with van der Waals surface area (Å²) in [4.78, 5) is 41.8. The Labute approximate surface area is 256 Å². The van der Waals surface area contributed by atoms with Crippen molar-refractivity contribution in [1.29, 1.82) is 0 Å². The minimum absolute atomic E-state index is 0.0201. The molecule has 238 valence electrons. The molecular formula is C29H42FN4O7PS. The number of thioether (sulfide) groups is 1. The minimum atomic E-state index is -4.11. The number of para-hydroxylation sites is 1. The van der Waals surface area contributed by atoms with Crippen LogP contribution in [-0.2, 0) is 23.4 Å². The van der Waals surface area contributed by atoms with Crippen molar-refractivity contribution in [2.75, 3.05) is 11.9 Å². The maximum Gasteiger partial charge on any atom is 0.459 e. The van der Waals surface area contributed by atoms with Gasteiger partial charge in [-0.3, -0.25) is 18.7 Å². The number of hydrogen-bond donors (Lipinski definition) is 2. The van der Waals surface area contributed by atoms with E-state index < -0.39 is 42.2 Å². The Hall–Kier alpha value is -2.73. The maximum atomic E-state index is 15.2. The molecule has 1 aliphatic rings. The van der Waals surface area contributed by atoms with Gasteiger partial charge in [0, 0.05) is 17.4 Å². The maximum absolute atomic E-state index is 15.2. The average molecular weight is 641 g/mol. The van der Waals surface area contributed by atoms with E-state index >= 15 is 4.39 Å². The summed E-state index contributed by atoms with van der Waals surface area (Å²) in [5.74, 6) is -0.611. The van der Waals surface area contributed by atoms with Crippen molar-refractivity contribution >= 4 is 37.2 Å². The number of amides is 1. The molecule has 5 atom stereocenters. The molecular weight excluding hydrogens is 598 g/mol. The lowest BCUT2D eigenvalue weighted by molar-refractivity contribution is -0.149. The van der Waals surface area contributed by atoms with Gasteiger partial charge in [-0.25, -0.2) is 13.8 Å². The third-order valence-electron chi connectivity index (χ3n) is 6.59. The molecule has 1 fully saturated rings. The second-order valence-electron chi connectivity index (χ2n) is 10.7. The van der Waals surface area contributed by atoms with Crippen LogP contribution >= 0.6 is 19.5 Å². The lowest BCUT2D eigenvalue weighted by Crippen LogP contribution is -2.36. The van der Waals surface area contributed by atoms with E-state index in [1.807, 2.05) is 13.8 Å². The smallest absolute Gasteiger partial charge is 0.459 e. The van der Waals surface area contributed by atoms with E-state index in [0.29, 0.717) is 0 Å².